The average Bonchev–Trinajstić information content (AvgIpc) is 2.61. The number of aliphatic hydroxyl groups is 1. The van der Waals surface area contributed by atoms with Gasteiger partial charge in [0, 0.05) is 6.42 Å². The molecule has 3 unspecified atom stereocenters. The molecule has 0 radical (unpaired) electrons. The molecule has 0 rings (SSSR count). The highest BCUT2D eigenvalue weighted by Crippen LogP contribution is 2.00. The van der Waals surface area contributed by atoms with Crippen LogP contribution in [0.15, 0.2) is 0 Å². The largest absolute Gasteiger partial charge is 0.481 e. The number of aliphatic carboxylic acids is 2. The van der Waals surface area contributed by atoms with E-state index in [0.29, 0.717) is 0 Å². The Morgan fingerprint density at radius 3 is 1.82 bits per heavy atom. The molecule has 0 saturated heterocycles. The fourth-order valence-electron chi connectivity index (χ4n) is 1.93. The fraction of sp³-hybridized carbons (Fsp3) is 0.571. The average molecular weight is 405 g/mol. The molecule has 0 aromatic rings. The standard InChI is InChI=1S/C14H23N5O9/c15-4-10(22)17-6(1-2-11(23)24)12(25)19-8(5-20)13(26)18-7(14(27)28)3-9(16)21/h6-8,20H,1-5,15H2,(H2,16,21)(H,17,22)(H,18,26)(H,19,25)(H,23,24)(H,27,28). The SMILES string of the molecule is NCC(=O)NC(CCC(=O)O)C(=O)NC(CO)C(=O)NC(CC(N)=O)C(=O)O. The molecule has 28 heavy (non-hydrogen) atoms. The van der Waals surface area contributed by atoms with Crippen molar-refractivity contribution in [3.05, 3.63) is 0 Å². The first-order valence-corrected chi connectivity index (χ1v) is 7.95. The van der Waals surface area contributed by atoms with Crippen LogP contribution in [0.3, 0.4) is 0 Å². The van der Waals surface area contributed by atoms with Crippen molar-refractivity contribution in [1.29, 1.82) is 0 Å². The van der Waals surface area contributed by atoms with Crippen molar-refractivity contribution in [3.63, 3.8) is 0 Å². The molecule has 0 aliphatic heterocycles. The van der Waals surface area contributed by atoms with E-state index in [2.05, 4.69) is 10.6 Å². The quantitative estimate of drug-likeness (QED) is 0.145. The minimum absolute atomic E-state index is 0.327. The van der Waals surface area contributed by atoms with Crippen molar-refractivity contribution in [3.8, 4) is 0 Å². The van der Waals surface area contributed by atoms with Gasteiger partial charge in [0.1, 0.15) is 18.1 Å². The first kappa shape index (κ1) is 24.7. The van der Waals surface area contributed by atoms with Gasteiger partial charge in [0.2, 0.25) is 23.6 Å². The van der Waals surface area contributed by atoms with E-state index in [1.54, 1.807) is 0 Å². The summed E-state index contributed by atoms with van der Waals surface area (Å²) in [6, 6.07) is -4.69. The first-order valence-electron chi connectivity index (χ1n) is 7.95. The summed E-state index contributed by atoms with van der Waals surface area (Å²) in [5.41, 5.74) is 10.00. The number of carboxylic acid groups (broad SMARTS) is 2. The van der Waals surface area contributed by atoms with E-state index >= 15 is 0 Å². The van der Waals surface area contributed by atoms with Crippen LogP contribution in [0.25, 0.3) is 0 Å². The van der Waals surface area contributed by atoms with E-state index < -0.39 is 79.7 Å². The third kappa shape index (κ3) is 9.44. The Labute approximate surface area is 158 Å². The summed E-state index contributed by atoms with van der Waals surface area (Å²) in [6.45, 7) is -1.43. The number of carbonyl (C=O) groups excluding carboxylic acids is 4. The molecule has 14 heteroatoms. The first-order chi connectivity index (χ1) is 13.0. The molecule has 0 spiro atoms. The molecule has 0 aliphatic rings. The highest BCUT2D eigenvalue weighted by atomic mass is 16.4. The summed E-state index contributed by atoms with van der Waals surface area (Å²) in [5, 5.41) is 33.1. The normalized spacial score (nSPS) is 13.5. The van der Waals surface area contributed by atoms with E-state index in [9.17, 15) is 33.9 Å². The van der Waals surface area contributed by atoms with Gasteiger partial charge in [0.05, 0.1) is 19.6 Å². The third-order valence-corrected chi connectivity index (χ3v) is 3.32. The van der Waals surface area contributed by atoms with Crippen molar-refractivity contribution in [2.75, 3.05) is 13.2 Å². The van der Waals surface area contributed by atoms with Gasteiger partial charge in [-0.05, 0) is 6.42 Å². The monoisotopic (exact) mass is 405 g/mol. The van der Waals surface area contributed by atoms with Crippen LogP contribution in [0, 0.1) is 0 Å². The van der Waals surface area contributed by atoms with Crippen LogP contribution in [0.5, 0.6) is 0 Å². The maximum Gasteiger partial charge on any atom is 0.326 e. The molecule has 10 N–H and O–H groups in total. The Morgan fingerprint density at radius 2 is 1.39 bits per heavy atom. The Hall–Kier alpha value is -3.26. The second kappa shape index (κ2) is 12.2. The zero-order valence-electron chi connectivity index (χ0n) is 14.7. The summed E-state index contributed by atoms with van der Waals surface area (Å²) in [4.78, 5) is 68.2. The third-order valence-electron chi connectivity index (χ3n) is 3.32. The molecule has 0 aromatic heterocycles. The summed E-state index contributed by atoms with van der Waals surface area (Å²) < 4.78 is 0. The van der Waals surface area contributed by atoms with Crippen LogP contribution in [0.2, 0.25) is 0 Å². The van der Waals surface area contributed by atoms with E-state index in [1.807, 2.05) is 5.32 Å². The Morgan fingerprint density at radius 1 is 0.857 bits per heavy atom. The zero-order valence-corrected chi connectivity index (χ0v) is 14.7. The predicted octanol–water partition coefficient (Wildman–Crippen LogP) is -4.78. The predicted molar refractivity (Wildman–Crippen MR) is 90.2 cm³/mol. The number of rotatable bonds is 13. The number of primary amides is 1. The van der Waals surface area contributed by atoms with Gasteiger partial charge in [-0.3, -0.25) is 24.0 Å². The number of carbonyl (C=O) groups is 6. The maximum atomic E-state index is 12.2. The van der Waals surface area contributed by atoms with Crippen molar-refractivity contribution in [1.82, 2.24) is 16.0 Å². The Balaban J connectivity index is 5.13. The van der Waals surface area contributed by atoms with Crippen molar-refractivity contribution < 1.29 is 44.1 Å². The maximum absolute atomic E-state index is 12.2. The van der Waals surface area contributed by atoms with E-state index in [1.165, 1.54) is 0 Å². The van der Waals surface area contributed by atoms with Crippen LogP contribution in [-0.4, -0.2) is 82.2 Å². The van der Waals surface area contributed by atoms with E-state index in [-0.39, 0.29) is 6.42 Å². The van der Waals surface area contributed by atoms with Gasteiger partial charge < -0.3 is 42.7 Å². The number of aliphatic hydroxyl groups excluding tert-OH is 1. The number of amides is 4. The number of hydrogen-bond donors (Lipinski definition) is 8. The van der Waals surface area contributed by atoms with E-state index in [4.69, 9.17) is 21.7 Å². The molecule has 0 aromatic carbocycles. The summed E-state index contributed by atoms with van der Waals surface area (Å²) in [5.74, 6) is -6.71. The molecular formula is C14H23N5O9. The van der Waals surface area contributed by atoms with Crippen LogP contribution in [-0.2, 0) is 28.8 Å². The van der Waals surface area contributed by atoms with Gasteiger partial charge in [-0.25, -0.2) is 4.79 Å². The lowest BCUT2D eigenvalue weighted by Crippen LogP contribution is -2.57. The van der Waals surface area contributed by atoms with Gasteiger partial charge in [-0.15, -0.1) is 0 Å². The van der Waals surface area contributed by atoms with Gasteiger partial charge >= 0.3 is 11.9 Å². The summed E-state index contributed by atoms with van der Waals surface area (Å²) in [7, 11) is 0. The van der Waals surface area contributed by atoms with Crippen LogP contribution in [0.1, 0.15) is 19.3 Å². The zero-order chi connectivity index (χ0) is 21.9. The number of hydrogen-bond acceptors (Lipinski definition) is 8. The highest BCUT2D eigenvalue weighted by Gasteiger charge is 2.30. The lowest BCUT2D eigenvalue weighted by Gasteiger charge is -2.23. The molecule has 14 nitrogen and oxygen atoms in total. The number of nitrogens with one attached hydrogen (secondary N) is 3. The molecule has 4 amide bonds. The second-order valence-electron chi connectivity index (χ2n) is 5.57. The lowest BCUT2D eigenvalue weighted by molar-refractivity contribution is -0.144. The molecule has 0 aliphatic carbocycles. The van der Waals surface area contributed by atoms with Crippen LogP contribution in [0.4, 0.5) is 0 Å². The van der Waals surface area contributed by atoms with Gasteiger partial charge in [-0.1, -0.05) is 0 Å². The van der Waals surface area contributed by atoms with Crippen molar-refractivity contribution >= 4 is 35.6 Å². The molecule has 0 heterocycles. The van der Waals surface area contributed by atoms with Gasteiger partial charge in [-0.2, -0.15) is 0 Å². The van der Waals surface area contributed by atoms with Crippen LogP contribution < -0.4 is 27.4 Å². The topological polar surface area (TPSA) is 251 Å². The van der Waals surface area contributed by atoms with Crippen molar-refractivity contribution in [2.45, 2.75) is 37.4 Å². The number of carboxylic acids is 2. The fourth-order valence-corrected chi connectivity index (χ4v) is 1.93. The Kier molecular flexibility index (Phi) is 10.8. The molecule has 3 atom stereocenters. The summed E-state index contributed by atoms with van der Waals surface area (Å²) in [6.07, 6.45) is -1.54. The van der Waals surface area contributed by atoms with Crippen molar-refractivity contribution in [2.24, 2.45) is 11.5 Å². The van der Waals surface area contributed by atoms with E-state index in [0.717, 1.165) is 0 Å². The second-order valence-corrected chi connectivity index (χ2v) is 5.57. The summed E-state index contributed by atoms with van der Waals surface area (Å²) >= 11 is 0. The minimum Gasteiger partial charge on any atom is -0.481 e. The molecule has 0 fully saturated rings. The van der Waals surface area contributed by atoms with Gasteiger partial charge in [0.15, 0.2) is 0 Å². The molecule has 0 saturated carbocycles. The minimum atomic E-state index is -1.68. The van der Waals surface area contributed by atoms with Crippen LogP contribution >= 0.6 is 0 Å². The number of nitrogens with two attached hydrogens (primary N) is 2. The molecule has 0 bridgehead atoms. The highest BCUT2D eigenvalue weighted by molar-refractivity contribution is 5.94. The molecular weight excluding hydrogens is 382 g/mol. The Bertz CT molecular complexity index is 624. The smallest absolute Gasteiger partial charge is 0.326 e. The van der Waals surface area contributed by atoms with Gasteiger partial charge in [0.25, 0.3) is 0 Å². The lowest BCUT2D eigenvalue weighted by atomic mass is 10.1. The molecule has 158 valence electrons.